The predicted octanol–water partition coefficient (Wildman–Crippen LogP) is 5.04. The molecule has 1 fully saturated rings. The van der Waals surface area contributed by atoms with Gasteiger partial charge in [-0.2, -0.15) is 4.98 Å². The number of alkyl halides is 1. The van der Waals surface area contributed by atoms with Gasteiger partial charge in [0.05, 0.1) is 12.8 Å². The van der Waals surface area contributed by atoms with E-state index in [9.17, 15) is 9.18 Å². The second kappa shape index (κ2) is 10.3. The van der Waals surface area contributed by atoms with E-state index >= 15 is 0 Å². The molecule has 2 aromatic carbocycles. The molecule has 1 spiro atoms. The third kappa shape index (κ3) is 5.37. The Morgan fingerprint density at radius 1 is 1.14 bits per heavy atom. The zero-order valence-electron chi connectivity index (χ0n) is 19.9. The van der Waals surface area contributed by atoms with Gasteiger partial charge in [0.2, 0.25) is 11.9 Å². The number of carbonyl (C=O) groups excluding carboxylic acids is 1. The molecule has 1 aliphatic heterocycles. The Morgan fingerprint density at radius 3 is 2.64 bits per heavy atom. The molecule has 10 heteroatoms. The van der Waals surface area contributed by atoms with Gasteiger partial charge in [-0.05, 0) is 66.6 Å². The number of hydrogen-bond acceptors (Lipinski definition) is 7. The highest BCUT2D eigenvalue weighted by molar-refractivity contribution is 6.29. The van der Waals surface area contributed by atoms with Crippen LogP contribution in [0.4, 0.5) is 33.2 Å². The standard InChI is InChI=1S/C26H27ClFN5O3/c1-35-10-11-36-20-6-4-18(5-7-20)31-25-29-15-21(28)24(32-25)30-19-3-2-17-13-26(8-9-26)16-33(22(17)12-19)23(34)14-27/h2-7,12,15H,8-11,13-14,16H2,1H3,(H2,29,30,31,32). The highest BCUT2D eigenvalue weighted by Crippen LogP contribution is 2.53. The van der Waals surface area contributed by atoms with Crippen LogP contribution < -0.4 is 20.3 Å². The zero-order valence-corrected chi connectivity index (χ0v) is 20.6. The maximum atomic E-state index is 14.6. The molecule has 5 rings (SSSR count). The van der Waals surface area contributed by atoms with E-state index in [1.807, 2.05) is 42.5 Å². The van der Waals surface area contributed by atoms with Crippen molar-refractivity contribution in [2.45, 2.75) is 19.3 Å². The van der Waals surface area contributed by atoms with Crippen LogP contribution in [0.3, 0.4) is 0 Å². The lowest BCUT2D eigenvalue weighted by molar-refractivity contribution is -0.116. The minimum absolute atomic E-state index is 0.0247. The smallest absolute Gasteiger partial charge is 0.241 e. The third-order valence-corrected chi connectivity index (χ3v) is 6.71. The van der Waals surface area contributed by atoms with Crippen molar-refractivity contribution < 1.29 is 18.7 Å². The summed E-state index contributed by atoms with van der Waals surface area (Å²) >= 11 is 5.88. The average molecular weight is 512 g/mol. The Kier molecular flexibility index (Phi) is 6.93. The molecule has 1 aliphatic carbocycles. The fraction of sp³-hybridized carbons (Fsp3) is 0.346. The lowest BCUT2D eigenvalue weighted by Gasteiger charge is -2.35. The van der Waals surface area contributed by atoms with E-state index in [2.05, 4.69) is 20.6 Å². The number of ether oxygens (including phenoxy) is 2. The van der Waals surface area contributed by atoms with Crippen molar-refractivity contribution in [1.29, 1.82) is 0 Å². The third-order valence-electron chi connectivity index (χ3n) is 6.48. The number of amides is 1. The van der Waals surface area contributed by atoms with Crippen LogP contribution in [0, 0.1) is 11.2 Å². The summed E-state index contributed by atoms with van der Waals surface area (Å²) in [5.74, 6) is 0.169. The number of carbonyl (C=O) groups is 1. The molecule has 2 N–H and O–H groups in total. The van der Waals surface area contributed by atoms with Crippen LogP contribution >= 0.6 is 11.6 Å². The molecule has 0 radical (unpaired) electrons. The van der Waals surface area contributed by atoms with Gasteiger partial charge in [0.15, 0.2) is 11.6 Å². The van der Waals surface area contributed by atoms with Crippen LogP contribution in [-0.2, 0) is 16.0 Å². The first-order valence-electron chi connectivity index (χ1n) is 11.8. The van der Waals surface area contributed by atoms with Gasteiger partial charge < -0.3 is 25.0 Å². The highest BCUT2D eigenvalue weighted by Gasteiger charge is 2.48. The second-order valence-corrected chi connectivity index (χ2v) is 9.41. The number of benzene rings is 2. The molecule has 188 valence electrons. The van der Waals surface area contributed by atoms with E-state index in [1.54, 1.807) is 12.0 Å². The van der Waals surface area contributed by atoms with Gasteiger partial charge in [0.1, 0.15) is 18.2 Å². The van der Waals surface area contributed by atoms with Crippen molar-refractivity contribution in [1.82, 2.24) is 9.97 Å². The van der Waals surface area contributed by atoms with Crippen LogP contribution in [0.5, 0.6) is 5.75 Å². The second-order valence-electron chi connectivity index (χ2n) is 9.14. The zero-order chi connectivity index (χ0) is 25.1. The highest BCUT2D eigenvalue weighted by atomic mass is 35.5. The summed E-state index contributed by atoms with van der Waals surface area (Å²) in [4.78, 5) is 22.7. The summed E-state index contributed by atoms with van der Waals surface area (Å²) in [6.45, 7) is 1.63. The lowest BCUT2D eigenvalue weighted by Crippen LogP contribution is -2.41. The molecule has 0 bridgehead atoms. The van der Waals surface area contributed by atoms with Gasteiger partial charge in [-0.3, -0.25) is 4.79 Å². The van der Waals surface area contributed by atoms with Gasteiger partial charge in [-0.1, -0.05) is 6.07 Å². The summed E-state index contributed by atoms with van der Waals surface area (Å²) in [6.07, 6.45) is 4.27. The molecule has 2 aliphatic rings. The minimum Gasteiger partial charge on any atom is -0.491 e. The fourth-order valence-electron chi connectivity index (χ4n) is 4.39. The van der Waals surface area contributed by atoms with Gasteiger partial charge in [0, 0.05) is 30.7 Å². The normalized spacial score (nSPS) is 15.4. The minimum atomic E-state index is -0.592. The molecule has 3 aromatic rings. The van der Waals surface area contributed by atoms with E-state index in [1.165, 1.54) is 0 Å². The number of halogens is 2. The SMILES string of the molecule is COCCOc1ccc(Nc2ncc(F)c(Nc3ccc4c(c3)N(C(=O)CCl)CC3(CC3)C4)n2)cc1. The summed E-state index contributed by atoms with van der Waals surface area (Å²) in [5.41, 5.74) is 3.43. The number of hydrogen-bond donors (Lipinski definition) is 2. The largest absolute Gasteiger partial charge is 0.491 e. The maximum absolute atomic E-state index is 14.6. The Balaban J connectivity index is 1.31. The first-order valence-corrected chi connectivity index (χ1v) is 12.3. The van der Waals surface area contributed by atoms with Crippen molar-refractivity contribution in [3.8, 4) is 5.75 Å². The first-order chi connectivity index (χ1) is 17.5. The average Bonchev–Trinajstić information content (AvgIpc) is 3.64. The van der Waals surface area contributed by atoms with Gasteiger partial charge in [-0.25, -0.2) is 9.37 Å². The van der Waals surface area contributed by atoms with E-state index in [4.69, 9.17) is 21.1 Å². The quantitative estimate of drug-likeness (QED) is 0.307. The first kappa shape index (κ1) is 24.3. The number of nitrogens with zero attached hydrogens (tertiary/aromatic N) is 3. The number of nitrogens with one attached hydrogen (secondary N) is 2. The summed E-state index contributed by atoms with van der Waals surface area (Å²) < 4.78 is 25.1. The van der Waals surface area contributed by atoms with Crippen molar-refractivity contribution in [3.63, 3.8) is 0 Å². The predicted molar refractivity (Wildman–Crippen MR) is 137 cm³/mol. The monoisotopic (exact) mass is 511 g/mol. The van der Waals surface area contributed by atoms with E-state index in [0.29, 0.717) is 31.2 Å². The van der Waals surface area contributed by atoms with Gasteiger partial charge in [-0.15, -0.1) is 11.6 Å². The van der Waals surface area contributed by atoms with Crippen molar-refractivity contribution in [3.05, 3.63) is 60.0 Å². The van der Waals surface area contributed by atoms with Crippen LogP contribution in [0.2, 0.25) is 0 Å². The molecular formula is C26H27ClFN5O3. The van der Waals surface area contributed by atoms with Crippen molar-refractivity contribution >= 4 is 46.3 Å². The van der Waals surface area contributed by atoms with Crippen LogP contribution in [0.1, 0.15) is 18.4 Å². The van der Waals surface area contributed by atoms with E-state index < -0.39 is 5.82 Å². The molecule has 8 nitrogen and oxygen atoms in total. The molecule has 1 saturated carbocycles. The molecule has 2 heterocycles. The molecule has 1 aromatic heterocycles. The molecular weight excluding hydrogens is 485 g/mol. The van der Waals surface area contributed by atoms with Gasteiger partial charge >= 0.3 is 0 Å². The molecule has 1 amide bonds. The number of rotatable bonds is 9. The Bertz CT molecular complexity index is 1250. The molecule has 36 heavy (non-hydrogen) atoms. The fourth-order valence-corrected chi connectivity index (χ4v) is 4.53. The van der Waals surface area contributed by atoms with E-state index in [-0.39, 0.29) is 29.0 Å². The Hall–Kier alpha value is -3.43. The van der Waals surface area contributed by atoms with Crippen LogP contribution in [0.15, 0.2) is 48.7 Å². The lowest BCUT2D eigenvalue weighted by atomic mass is 9.89. The molecule has 0 unspecified atom stereocenters. The van der Waals surface area contributed by atoms with E-state index in [0.717, 1.165) is 42.4 Å². The Morgan fingerprint density at radius 2 is 1.92 bits per heavy atom. The van der Waals surface area contributed by atoms with Crippen LogP contribution in [0.25, 0.3) is 0 Å². The van der Waals surface area contributed by atoms with Gasteiger partial charge in [0.25, 0.3) is 0 Å². The summed E-state index contributed by atoms with van der Waals surface area (Å²) in [6, 6.07) is 13.0. The van der Waals surface area contributed by atoms with Crippen LogP contribution in [-0.4, -0.2) is 48.6 Å². The number of aromatic nitrogens is 2. The number of anilines is 5. The maximum Gasteiger partial charge on any atom is 0.241 e. The van der Waals surface area contributed by atoms with Crippen molar-refractivity contribution in [2.75, 3.05) is 48.3 Å². The topological polar surface area (TPSA) is 88.6 Å². The number of fused-ring (bicyclic) bond motifs is 1. The molecule has 0 atom stereocenters. The molecule has 0 saturated heterocycles. The van der Waals surface area contributed by atoms with Crippen molar-refractivity contribution in [2.24, 2.45) is 5.41 Å². The summed E-state index contributed by atoms with van der Waals surface area (Å²) in [7, 11) is 1.62. The number of methoxy groups -OCH3 is 1. The Labute approximate surface area is 213 Å². The summed E-state index contributed by atoms with van der Waals surface area (Å²) in [5, 5.41) is 6.10.